The normalized spacial score (nSPS) is 19.9. The summed E-state index contributed by atoms with van der Waals surface area (Å²) in [5.74, 6) is 0.682. The summed E-state index contributed by atoms with van der Waals surface area (Å²) in [6, 6.07) is 20.3. The van der Waals surface area contributed by atoms with Crippen molar-refractivity contribution >= 4 is 33.2 Å². The number of anilines is 1. The number of benzene rings is 3. The third-order valence-electron chi connectivity index (χ3n) is 8.25. The van der Waals surface area contributed by atoms with E-state index < -0.39 is 10.0 Å². The summed E-state index contributed by atoms with van der Waals surface area (Å²) in [6.45, 7) is 2.19. The van der Waals surface area contributed by atoms with Crippen LogP contribution in [-0.4, -0.2) is 23.9 Å². The molecule has 1 fully saturated rings. The first-order valence-electron chi connectivity index (χ1n) is 13.9. The maximum atomic E-state index is 14.1. The Labute approximate surface area is 246 Å². The van der Waals surface area contributed by atoms with E-state index in [1.165, 1.54) is 0 Å². The van der Waals surface area contributed by atoms with Gasteiger partial charge in [0, 0.05) is 42.1 Å². The number of imidazole rings is 1. The standard InChI is InChI=1S/C32H33ClN4O3S/c1-21-7-5-9-24(17-21)41(39,40)35-30-12-6-8-22-13-14-23(18-26(22)30)37(20-31-34-15-16-36(31)2)32(38)28-19-27(28)25-10-3-4-11-29(25)33/h3-5,7,9-11,13-18,27-28,30,35H,6,8,12,19-20H2,1-2H3. The summed E-state index contributed by atoms with van der Waals surface area (Å²) < 4.78 is 31.5. The van der Waals surface area contributed by atoms with E-state index in [1.54, 1.807) is 29.3 Å². The van der Waals surface area contributed by atoms with Gasteiger partial charge in [-0.25, -0.2) is 18.1 Å². The first-order valence-corrected chi connectivity index (χ1v) is 15.8. The van der Waals surface area contributed by atoms with Crippen molar-refractivity contribution in [1.82, 2.24) is 14.3 Å². The second-order valence-electron chi connectivity index (χ2n) is 11.1. The number of nitrogens with one attached hydrogen (secondary N) is 1. The minimum Gasteiger partial charge on any atom is -0.337 e. The van der Waals surface area contributed by atoms with E-state index in [-0.39, 0.29) is 28.7 Å². The first-order chi connectivity index (χ1) is 19.7. The van der Waals surface area contributed by atoms with Gasteiger partial charge in [-0.2, -0.15) is 0 Å². The van der Waals surface area contributed by atoms with Gasteiger partial charge < -0.3 is 9.47 Å². The Morgan fingerprint density at radius 1 is 1.10 bits per heavy atom. The van der Waals surface area contributed by atoms with Crippen LogP contribution in [0.15, 0.2) is 84.0 Å². The summed E-state index contributed by atoms with van der Waals surface area (Å²) in [5.41, 5.74) is 4.64. The molecule has 3 aromatic carbocycles. The van der Waals surface area contributed by atoms with E-state index >= 15 is 0 Å². The average molecular weight is 589 g/mol. The van der Waals surface area contributed by atoms with Crippen molar-refractivity contribution in [2.45, 2.75) is 56.0 Å². The van der Waals surface area contributed by atoms with Crippen molar-refractivity contribution in [1.29, 1.82) is 0 Å². The number of rotatable bonds is 8. The molecule has 0 aliphatic heterocycles. The fourth-order valence-corrected chi connectivity index (χ4v) is 7.52. The molecule has 3 atom stereocenters. The largest absolute Gasteiger partial charge is 0.337 e. The number of aromatic nitrogens is 2. The van der Waals surface area contributed by atoms with E-state index in [9.17, 15) is 13.2 Å². The van der Waals surface area contributed by atoms with Crippen LogP contribution in [0.4, 0.5) is 5.69 Å². The smallest absolute Gasteiger partial charge is 0.241 e. The van der Waals surface area contributed by atoms with Gasteiger partial charge in [0.05, 0.1) is 11.4 Å². The summed E-state index contributed by atoms with van der Waals surface area (Å²) >= 11 is 6.47. The average Bonchev–Trinajstić information content (AvgIpc) is 3.65. The molecule has 1 aromatic heterocycles. The van der Waals surface area contributed by atoms with E-state index in [1.807, 2.05) is 73.3 Å². The number of fused-ring (bicyclic) bond motifs is 1. The molecule has 2 aliphatic carbocycles. The molecule has 4 aromatic rings. The van der Waals surface area contributed by atoms with Gasteiger partial charge in [0.15, 0.2) is 0 Å². The maximum absolute atomic E-state index is 14.1. The van der Waals surface area contributed by atoms with Gasteiger partial charge >= 0.3 is 0 Å². The summed E-state index contributed by atoms with van der Waals surface area (Å²) in [5, 5.41) is 0.681. The molecule has 6 rings (SSSR count). The van der Waals surface area contributed by atoms with E-state index in [0.29, 0.717) is 18.0 Å². The number of hydrogen-bond acceptors (Lipinski definition) is 4. The lowest BCUT2D eigenvalue weighted by Gasteiger charge is -2.29. The molecular weight excluding hydrogens is 556 g/mol. The SMILES string of the molecule is Cc1cccc(S(=O)(=O)NC2CCCc3ccc(N(Cc4nccn4C)C(=O)C4CC4c4ccccc4Cl)cc32)c1. The number of carbonyl (C=O) groups excluding carboxylic acids is 1. The Hall–Kier alpha value is -3.46. The van der Waals surface area contributed by atoms with Crippen LogP contribution < -0.4 is 9.62 Å². The maximum Gasteiger partial charge on any atom is 0.241 e. The lowest BCUT2D eigenvalue weighted by Crippen LogP contribution is -2.34. The van der Waals surface area contributed by atoms with Crippen LogP contribution in [0.2, 0.25) is 5.02 Å². The molecule has 0 saturated heterocycles. The minimum atomic E-state index is -3.72. The number of hydrogen-bond donors (Lipinski definition) is 1. The van der Waals surface area contributed by atoms with Crippen molar-refractivity contribution in [2.24, 2.45) is 13.0 Å². The molecule has 3 unspecified atom stereocenters. The Morgan fingerprint density at radius 2 is 1.93 bits per heavy atom. The molecule has 41 heavy (non-hydrogen) atoms. The summed E-state index contributed by atoms with van der Waals surface area (Å²) in [7, 11) is -1.81. The number of nitrogens with zero attached hydrogens (tertiary/aromatic N) is 3. The number of sulfonamides is 1. The number of halogens is 1. The third kappa shape index (κ3) is 5.69. The number of amides is 1. The zero-order valence-electron chi connectivity index (χ0n) is 23.1. The molecule has 0 bridgehead atoms. The lowest BCUT2D eigenvalue weighted by molar-refractivity contribution is -0.120. The highest BCUT2D eigenvalue weighted by molar-refractivity contribution is 7.89. The molecule has 1 saturated carbocycles. The Balaban J connectivity index is 1.32. The lowest BCUT2D eigenvalue weighted by atomic mass is 9.87. The van der Waals surface area contributed by atoms with E-state index in [0.717, 1.165) is 53.0 Å². The highest BCUT2D eigenvalue weighted by Gasteiger charge is 2.47. The van der Waals surface area contributed by atoms with Crippen molar-refractivity contribution in [3.63, 3.8) is 0 Å². The number of aryl methyl sites for hydroxylation is 3. The van der Waals surface area contributed by atoms with Crippen LogP contribution in [-0.2, 0) is 34.8 Å². The van der Waals surface area contributed by atoms with Crippen molar-refractivity contribution in [3.05, 3.63) is 112 Å². The molecule has 1 amide bonds. The highest BCUT2D eigenvalue weighted by atomic mass is 35.5. The van der Waals surface area contributed by atoms with Gasteiger partial charge in [0.2, 0.25) is 15.9 Å². The van der Waals surface area contributed by atoms with Gasteiger partial charge in [-0.1, -0.05) is 48.0 Å². The molecule has 0 spiro atoms. The van der Waals surface area contributed by atoms with E-state index in [4.69, 9.17) is 11.6 Å². The van der Waals surface area contributed by atoms with Gasteiger partial charge in [-0.05, 0) is 91.1 Å². The Morgan fingerprint density at radius 3 is 2.68 bits per heavy atom. The zero-order chi connectivity index (χ0) is 28.7. The van der Waals surface area contributed by atoms with Crippen molar-refractivity contribution in [3.8, 4) is 0 Å². The second kappa shape index (κ2) is 11.1. The fourth-order valence-electron chi connectivity index (χ4n) is 5.89. The topological polar surface area (TPSA) is 84.3 Å². The number of carbonyl (C=O) groups is 1. The predicted octanol–water partition coefficient (Wildman–Crippen LogP) is 6.07. The van der Waals surface area contributed by atoms with Crippen LogP contribution in [0.1, 0.15) is 59.3 Å². The quantitative estimate of drug-likeness (QED) is 0.271. The molecular formula is C32H33ClN4O3S. The van der Waals surface area contributed by atoms with Gasteiger partial charge in [-0.3, -0.25) is 4.79 Å². The van der Waals surface area contributed by atoms with Gasteiger partial charge in [0.25, 0.3) is 0 Å². The Kier molecular flexibility index (Phi) is 7.49. The van der Waals surface area contributed by atoms with Crippen molar-refractivity contribution in [2.75, 3.05) is 4.90 Å². The first kappa shape index (κ1) is 27.7. The predicted molar refractivity (Wildman–Crippen MR) is 160 cm³/mol. The summed E-state index contributed by atoms with van der Waals surface area (Å²) in [6.07, 6.45) is 6.76. The monoisotopic (exact) mass is 588 g/mol. The molecule has 9 heteroatoms. The van der Waals surface area contributed by atoms with Crippen LogP contribution in [0.5, 0.6) is 0 Å². The molecule has 1 N–H and O–H groups in total. The van der Waals surface area contributed by atoms with Gasteiger partial charge in [0.1, 0.15) is 5.82 Å². The van der Waals surface area contributed by atoms with Crippen LogP contribution >= 0.6 is 11.6 Å². The second-order valence-corrected chi connectivity index (χ2v) is 13.2. The highest BCUT2D eigenvalue weighted by Crippen LogP contribution is 2.51. The molecule has 2 aliphatic rings. The van der Waals surface area contributed by atoms with Crippen LogP contribution in [0, 0.1) is 12.8 Å². The Bertz CT molecular complexity index is 1720. The molecule has 0 radical (unpaired) electrons. The molecule has 1 heterocycles. The van der Waals surface area contributed by atoms with Gasteiger partial charge in [-0.15, -0.1) is 0 Å². The van der Waals surface area contributed by atoms with Crippen LogP contribution in [0.25, 0.3) is 0 Å². The summed E-state index contributed by atoms with van der Waals surface area (Å²) in [4.78, 5) is 20.6. The molecule has 212 valence electrons. The molecule has 7 nitrogen and oxygen atoms in total. The van der Waals surface area contributed by atoms with Crippen molar-refractivity contribution < 1.29 is 13.2 Å². The third-order valence-corrected chi connectivity index (χ3v) is 10.1. The minimum absolute atomic E-state index is 0.0190. The van der Waals surface area contributed by atoms with E-state index in [2.05, 4.69) is 9.71 Å². The fraction of sp³-hybridized carbons (Fsp3) is 0.312. The zero-order valence-corrected chi connectivity index (χ0v) is 24.7. The van der Waals surface area contributed by atoms with Crippen LogP contribution in [0.3, 0.4) is 0 Å².